The molecule has 0 aliphatic heterocycles. The van der Waals surface area contributed by atoms with Crippen molar-refractivity contribution in [3.63, 3.8) is 0 Å². The van der Waals surface area contributed by atoms with Crippen LogP contribution in [0.3, 0.4) is 0 Å². The molecular weight excluding hydrogens is 292 g/mol. The summed E-state index contributed by atoms with van der Waals surface area (Å²) in [5, 5.41) is 1.56. The van der Waals surface area contributed by atoms with Crippen molar-refractivity contribution >= 4 is 22.7 Å². The number of carbonyl (C=O) groups is 2. The Hall–Kier alpha value is -2.88. The Morgan fingerprint density at radius 1 is 0.957 bits per heavy atom. The number of hydrogen-bond acceptors (Lipinski definition) is 4. The Labute approximate surface area is 135 Å². The molecular formula is C19H18O4. The molecule has 4 nitrogen and oxygen atoms in total. The van der Waals surface area contributed by atoms with Crippen LogP contribution in [0.1, 0.15) is 19.4 Å². The van der Waals surface area contributed by atoms with Crippen molar-refractivity contribution < 1.29 is 19.1 Å². The monoisotopic (exact) mass is 310 g/mol. The van der Waals surface area contributed by atoms with E-state index in [1.807, 2.05) is 24.3 Å². The number of fused-ring (bicyclic) bond motifs is 1. The summed E-state index contributed by atoms with van der Waals surface area (Å²) in [7, 11) is 0. The van der Waals surface area contributed by atoms with Gasteiger partial charge in [-0.1, -0.05) is 37.4 Å². The minimum absolute atomic E-state index is 0.290. The Kier molecular flexibility index (Phi) is 4.65. The third kappa shape index (κ3) is 3.48. The van der Waals surface area contributed by atoms with E-state index < -0.39 is 11.9 Å². The first-order chi connectivity index (χ1) is 10.8. The summed E-state index contributed by atoms with van der Waals surface area (Å²) in [6, 6.07) is 9.13. The molecule has 4 heteroatoms. The fourth-order valence-electron chi connectivity index (χ4n) is 2.00. The SMILES string of the molecule is C=C(C)C(=O)Oc1cc2ccccc2c(OC(=O)C(=C)C)c1C. The third-order valence-electron chi connectivity index (χ3n) is 3.30. The van der Waals surface area contributed by atoms with Crippen molar-refractivity contribution in [2.24, 2.45) is 0 Å². The predicted molar refractivity (Wildman–Crippen MR) is 89.6 cm³/mol. The van der Waals surface area contributed by atoms with Crippen LogP contribution in [0.25, 0.3) is 10.8 Å². The zero-order chi connectivity index (χ0) is 17.1. The van der Waals surface area contributed by atoms with Gasteiger partial charge in [0.2, 0.25) is 0 Å². The molecule has 0 aliphatic carbocycles. The van der Waals surface area contributed by atoms with Gasteiger partial charge in [-0.15, -0.1) is 0 Å². The first-order valence-corrected chi connectivity index (χ1v) is 7.09. The Morgan fingerprint density at radius 2 is 1.52 bits per heavy atom. The van der Waals surface area contributed by atoms with Crippen LogP contribution in [0.2, 0.25) is 0 Å². The summed E-state index contributed by atoms with van der Waals surface area (Å²) in [6.45, 7) is 12.0. The van der Waals surface area contributed by atoms with Gasteiger partial charge in [-0.05, 0) is 32.2 Å². The van der Waals surface area contributed by atoms with Crippen molar-refractivity contribution in [1.82, 2.24) is 0 Å². The maximum Gasteiger partial charge on any atom is 0.338 e. The van der Waals surface area contributed by atoms with Gasteiger partial charge in [0, 0.05) is 22.1 Å². The van der Waals surface area contributed by atoms with E-state index in [1.54, 1.807) is 26.8 Å². The van der Waals surface area contributed by atoms with Crippen LogP contribution in [0.5, 0.6) is 11.5 Å². The molecule has 0 saturated carbocycles. The van der Waals surface area contributed by atoms with E-state index in [4.69, 9.17) is 9.47 Å². The third-order valence-corrected chi connectivity index (χ3v) is 3.30. The second kappa shape index (κ2) is 6.48. The summed E-state index contributed by atoms with van der Waals surface area (Å²) in [6.07, 6.45) is 0. The fourth-order valence-corrected chi connectivity index (χ4v) is 2.00. The Balaban J connectivity index is 2.60. The molecule has 0 fully saturated rings. The van der Waals surface area contributed by atoms with Gasteiger partial charge in [0.15, 0.2) is 0 Å². The molecule has 0 saturated heterocycles. The lowest BCUT2D eigenvalue weighted by molar-refractivity contribution is -0.130. The molecule has 0 atom stereocenters. The van der Waals surface area contributed by atoms with E-state index in [0.717, 1.165) is 10.8 Å². The molecule has 0 N–H and O–H groups in total. The van der Waals surface area contributed by atoms with Gasteiger partial charge in [0.25, 0.3) is 0 Å². The highest BCUT2D eigenvalue weighted by molar-refractivity contribution is 5.97. The zero-order valence-corrected chi connectivity index (χ0v) is 13.4. The number of benzene rings is 2. The molecule has 2 rings (SSSR count). The quantitative estimate of drug-likeness (QED) is 0.484. The number of hydrogen-bond donors (Lipinski definition) is 0. The van der Waals surface area contributed by atoms with Crippen molar-refractivity contribution in [3.05, 3.63) is 60.2 Å². The molecule has 118 valence electrons. The average molecular weight is 310 g/mol. The summed E-state index contributed by atoms with van der Waals surface area (Å²) in [5.74, 6) is -0.357. The molecule has 0 bridgehead atoms. The molecule has 0 unspecified atom stereocenters. The topological polar surface area (TPSA) is 52.6 Å². The first kappa shape index (κ1) is 16.5. The van der Waals surface area contributed by atoms with Crippen LogP contribution in [0.15, 0.2) is 54.6 Å². The molecule has 0 aliphatic rings. The van der Waals surface area contributed by atoms with Crippen LogP contribution in [-0.4, -0.2) is 11.9 Å². The van der Waals surface area contributed by atoms with Crippen LogP contribution in [0.4, 0.5) is 0 Å². The van der Waals surface area contributed by atoms with Gasteiger partial charge >= 0.3 is 11.9 Å². The fraction of sp³-hybridized carbons (Fsp3) is 0.158. The maximum atomic E-state index is 11.9. The Bertz CT molecular complexity index is 831. The van der Waals surface area contributed by atoms with Crippen LogP contribution >= 0.6 is 0 Å². The molecule has 0 heterocycles. The normalized spacial score (nSPS) is 10.2. The molecule has 0 radical (unpaired) electrons. The molecule has 2 aromatic carbocycles. The second-order valence-electron chi connectivity index (χ2n) is 5.39. The summed E-state index contributed by atoms with van der Waals surface area (Å²) in [5.41, 5.74) is 1.14. The average Bonchev–Trinajstić information content (AvgIpc) is 2.50. The highest BCUT2D eigenvalue weighted by Crippen LogP contribution is 2.37. The van der Waals surface area contributed by atoms with Gasteiger partial charge in [-0.25, -0.2) is 9.59 Å². The number of carbonyl (C=O) groups excluding carboxylic acids is 2. The van der Waals surface area contributed by atoms with E-state index in [-0.39, 0.29) is 11.1 Å². The van der Waals surface area contributed by atoms with Crippen LogP contribution < -0.4 is 9.47 Å². The van der Waals surface area contributed by atoms with Gasteiger partial charge < -0.3 is 9.47 Å². The van der Waals surface area contributed by atoms with E-state index in [2.05, 4.69) is 13.2 Å². The molecule has 0 spiro atoms. The maximum absolute atomic E-state index is 11.9. The Morgan fingerprint density at radius 3 is 2.13 bits per heavy atom. The van der Waals surface area contributed by atoms with E-state index in [1.165, 1.54) is 0 Å². The number of ether oxygens (including phenoxy) is 2. The van der Waals surface area contributed by atoms with Gasteiger partial charge in [0.1, 0.15) is 11.5 Å². The highest BCUT2D eigenvalue weighted by Gasteiger charge is 2.18. The van der Waals surface area contributed by atoms with Gasteiger partial charge in [0.05, 0.1) is 0 Å². The van der Waals surface area contributed by atoms with Crippen molar-refractivity contribution in [1.29, 1.82) is 0 Å². The number of esters is 2. The number of rotatable bonds is 4. The van der Waals surface area contributed by atoms with Crippen molar-refractivity contribution in [2.75, 3.05) is 0 Å². The lowest BCUT2D eigenvalue weighted by Crippen LogP contribution is -2.12. The lowest BCUT2D eigenvalue weighted by atomic mass is 10.0. The van der Waals surface area contributed by atoms with E-state index in [9.17, 15) is 9.59 Å². The molecule has 0 aromatic heterocycles. The highest BCUT2D eigenvalue weighted by atomic mass is 16.5. The summed E-state index contributed by atoms with van der Waals surface area (Å²) >= 11 is 0. The summed E-state index contributed by atoms with van der Waals surface area (Å²) < 4.78 is 10.8. The smallest absolute Gasteiger partial charge is 0.338 e. The molecule has 2 aromatic rings. The first-order valence-electron chi connectivity index (χ1n) is 7.09. The van der Waals surface area contributed by atoms with E-state index in [0.29, 0.717) is 17.1 Å². The molecule has 0 amide bonds. The van der Waals surface area contributed by atoms with Crippen molar-refractivity contribution in [3.8, 4) is 11.5 Å². The standard InChI is InChI=1S/C19H18O4/c1-11(2)18(20)22-16-10-14-8-6-7-9-15(14)17(13(16)5)23-19(21)12(3)4/h6-10H,1,3H2,2,4-5H3. The minimum atomic E-state index is -0.527. The largest absolute Gasteiger partial charge is 0.423 e. The predicted octanol–water partition coefficient (Wildman–Crippen LogP) is 4.11. The van der Waals surface area contributed by atoms with Crippen molar-refractivity contribution in [2.45, 2.75) is 20.8 Å². The van der Waals surface area contributed by atoms with Gasteiger partial charge in [-0.2, -0.15) is 0 Å². The van der Waals surface area contributed by atoms with Crippen LogP contribution in [-0.2, 0) is 9.59 Å². The second-order valence-corrected chi connectivity index (χ2v) is 5.39. The minimum Gasteiger partial charge on any atom is -0.423 e. The zero-order valence-electron chi connectivity index (χ0n) is 13.4. The lowest BCUT2D eigenvalue weighted by Gasteiger charge is -2.15. The summed E-state index contributed by atoms with van der Waals surface area (Å²) in [4.78, 5) is 23.7. The van der Waals surface area contributed by atoms with Gasteiger partial charge in [-0.3, -0.25) is 0 Å². The van der Waals surface area contributed by atoms with Crippen LogP contribution in [0, 0.1) is 6.92 Å². The van der Waals surface area contributed by atoms with E-state index >= 15 is 0 Å². The molecule has 23 heavy (non-hydrogen) atoms.